The molecule has 0 fully saturated rings. The third-order valence-corrected chi connectivity index (χ3v) is 3.80. The van der Waals surface area contributed by atoms with E-state index in [0.29, 0.717) is 25.4 Å². The minimum absolute atomic E-state index is 0.0230. The summed E-state index contributed by atoms with van der Waals surface area (Å²) in [6.07, 6.45) is 0.622. The van der Waals surface area contributed by atoms with E-state index < -0.39 is 17.8 Å². The molecule has 1 aromatic rings. The summed E-state index contributed by atoms with van der Waals surface area (Å²) in [5, 5.41) is 0. The first-order chi connectivity index (χ1) is 13.0. The minimum Gasteiger partial charge on any atom is -0.491 e. The fourth-order valence-corrected chi connectivity index (χ4v) is 2.54. The molecule has 8 nitrogen and oxygen atoms in total. The van der Waals surface area contributed by atoms with Gasteiger partial charge in [0.25, 0.3) is 0 Å². The number of carbonyl (C=O) groups excluding carboxylic acids is 2. The van der Waals surface area contributed by atoms with Crippen molar-refractivity contribution < 1.29 is 37.7 Å². The van der Waals surface area contributed by atoms with E-state index in [1.807, 2.05) is 0 Å². The molecule has 0 saturated carbocycles. The molecule has 27 heavy (non-hydrogen) atoms. The molecule has 0 saturated heterocycles. The first-order valence-corrected chi connectivity index (χ1v) is 8.19. The number of hydrogen-bond acceptors (Lipinski definition) is 8. The Bertz CT molecular complexity index is 720. The van der Waals surface area contributed by atoms with Crippen LogP contribution in [0.1, 0.15) is 6.42 Å². The molecule has 1 aromatic carbocycles. The molecule has 1 heterocycles. The number of halogens is 1. The van der Waals surface area contributed by atoms with Gasteiger partial charge in [0.1, 0.15) is 24.0 Å². The maximum Gasteiger partial charge on any atom is 0.355 e. The van der Waals surface area contributed by atoms with Crippen molar-refractivity contribution in [2.24, 2.45) is 0 Å². The number of esters is 2. The molecule has 0 unspecified atom stereocenters. The average Bonchev–Trinajstić information content (AvgIpc) is 2.70. The highest BCUT2D eigenvalue weighted by Gasteiger charge is 2.33. The predicted molar refractivity (Wildman–Crippen MR) is 92.7 cm³/mol. The van der Waals surface area contributed by atoms with Crippen LogP contribution in [0.4, 0.5) is 10.1 Å². The van der Waals surface area contributed by atoms with Gasteiger partial charge in [-0.05, 0) is 12.1 Å². The fourth-order valence-electron chi connectivity index (χ4n) is 2.54. The number of carbonyl (C=O) groups is 2. The standard InChI is InChI=1S/C18H22FNO7/c1-23-7-4-8-27-15-6-5-12(19)9-14(15)20-11-26-10-13(17(21)24-2)16(20)18(22)25-3/h5-6,9H,4,7-8,10-11H2,1-3H3. The quantitative estimate of drug-likeness (QED) is 0.495. The van der Waals surface area contributed by atoms with Gasteiger partial charge in [0.2, 0.25) is 0 Å². The second-order valence-corrected chi connectivity index (χ2v) is 5.52. The van der Waals surface area contributed by atoms with Crippen LogP contribution in [0.2, 0.25) is 0 Å². The number of rotatable bonds is 8. The lowest BCUT2D eigenvalue weighted by molar-refractivity contribution is -0.140. The summed E-state index contributed by atoms with van der Waals surface area (Å²) >= 11 is 0. The van der Waals surface area contributed by atoms with Crippen LogP contribution < -0.4 is 9.64 Å². The van der Waals surface area contributed by atoms with E-state index in [1.165, 1.54) is 37.3 Å². The minimum atomic E-state index is -0.770. The lowest BCUT2D eigenvalue weighted by Gasteiger charge is -2.32. The summed E-state index contributed by atoms with van der Waals surface area (Å²) in [5.41, 5.74) is 0.127. The number of benzene rings is 1. The Balaban J connectivity index is 2.45. The van der Waals surface area contributed by atoms with Crippen molar-refractivity contribution in [3.63, 3.8) is 0 Å². The Morgan fingerprint density at radius 3 is 2.56 bits per heavy atom. The lowest BCUT2D eigenvalue weighted by Crippen LogP contribution is -2.39. The Hall–Kier alpha value is -2.65. The third-order valence-electron chi connectivity index (χ3n) is 3.80. The smallest absolute Gasteiger partial charge is 0.355 e. The Morgan fingerprint density at radius 1 is 1.15 bits per heavy atom. The second-order valence-electron chi connectivity index (χ2n) is 5.52. The molecule has 0 amide bonds. The van der Waals surface area contributed by atoms with Crippen LogP contribution >= 0.6 is 0 Å². The van der Waals surface area contributed by atoms with Crippen LogP contribution in [0.3, 0.4) is 0 Å². The van der Waals surface area contributed by atoms with Crippen molar-refractivity contribution in [3.8, 4) is 5.75 Å². The molecule has 1 aliphatic heterocycles. The number of anilines is 1. The summed E-state index contributed by atoms with van der Waals surface area (Å²) in [7, 11) is 3.96. The Morgan fingerprint density at radius 2 is 1.89 bits per heavy atom. The molecular formula is C18H22FNO7. The highest BCUT2D eigenvalue weighted by atomic mass is 19.1. The first kappa shape index (κ1) is 20.7. The van der Waals surface area contributed by atoms with Crippen LogP contribution in [0.5, 0.6) is 5.75 Å². The molecule has 0 aliphatic carbocycles. The predicted octanol–water partition coefficient (Wildman–Crippen LogP) is 1.64. The highest BCUT2D eigenvalue weighted by molar-refractivity contribution is 6.03. The van der Waals surface area contributed by atoms with Gasteiger partial charge in [0, 0.05) is 26.2 Å². The van der Waals surface area contributed by atoms with Gasteiger partial charge in [0.05, 0.1) is 38.7 Å². The Labute approximate surface area is 156 Å². The Kier molecular flexibility index (Phi) is 7.56. The summed E-state index contributed by atoms with van der Waals surface area (Å²) in [6.45, 7) is 0.598. The maximum absolute atomic E-state index is 13.9. The van der Waals surface area contributed by atoms with Crippen molar-refractivity contribution in [2.75, 3.05) is 52.8 Å². The molecule has 1 aliphatic rings. The summed E-state index contributed by atoms with van der Waals surface area (Å²) in [5.74, 6) is -1.72. The summed E-state index contributed by atoms with van der Waals surface area (Å²) in [4.78, 5) is 25.7. The first-order valence-electron chi connectivity index (χ1n) is 8.19. The van der Waals surface area contributed by atoms with E-state index in [9.17, 15) is 14.0 Å². The van der Waals surface area contributed by atoms with E-state index in [0.717, 1.165) is 0 Å². The summed E-state index contributed by atoms with van der Waals surface area (Å²) < 4.78 is 39.5. The van der Waals surface area contributed by atoms with Crippen molar-refractivity contribution in [1.82, 2.24) is 0 Å². The second kappa shape index (κ2) is 9.89. The van der Waals surface area contributed by atoms with Crippen LogP contribution in [0.25, 0.3) is 0 Å². The zero-order valence-corrected chi connectivity index (χ0v) is 15.5. The maximum atomic E-state index is 13.9. The number of methoxy groups -OCH3 is 3. The van der Waals surface area contributed by atoms with E-state index in [2.05, 4.69) is 0 Å². The van der Waals surface area contributed by atoms with Crippen LogP contribution in [0.15, 0.2) is 29.5 Å². The van der Waals surface area contributed by atoms with Gasteiger partial charge >= 0.3 is 11.9 Å². The monoisotopic (exact) mass is 383 g/mol. The number of nitrogens with zero attached hydrogens (tertiary/aromatic N) is 1. The summed E-state index contributed by atoms with van der Waals surface area (Å²) in [6, 6.07) is 3.87. The molecule has 9 heteroatoms. The van der Waals surface area contributed by atoms with Crippen molar-refractivity contribution in [2.45, 2.75) is 6.42 Å². The third kappa shape index (κ3) is 4.95. The topological polar surface area (TPSA) is 83.5 Å². The molecular weight excluding hydrogens is 361 g/mol. The molecule has 2 rings (SSSR count). The normalized spacial score (nSPS) is 14.1. The molecule has 0 bridgehead atoms. The van der Waals surface area contributed by atoms with E-state index in [1.54, 1.807) is 7.11 Å². The zero-order chi connectivity index (χ0) is 19.8. The highest BCUT2D eigenvalue weighted by Crippen LogP contribution is 2.35. The van der Waals surface area contributed by atoms with Gasteiger partial charge in [-0.2, -0.15) is 0 Å². The van der Waals surface area contributed by atoms with Crippen molar-refractivity contribution >= 4 is 17.6 Å². The fraction of sp³-hybridized carbons (Fsp3) is 0.444. The van der Waals surface area contributed by atoms with Crippen molar-refractivity contribution in [1.29, 1.82) is 0 Å². The van der Waals surface area contributed by atoms with E-state index >= 15 is 0 Å². The molecule has 0 atom stereocenters. The van der Waals surface area contributed by atoms with Crippen LogP contribution in [0, 0.1) is 5.82 Å². The van der Waals surface area contributed by atoms with Gasteiger partial charge in [-0.3, -0.25) is 0 Å². The molecule has 148 valence electrons. The van der Waals surface area contributed by atoms with E-state index in [-0.39, 0.29) is 30.3 Å². The van der Waals surface area contributed by atoms with Gasteiger partial charge in [-0.15, -0.1) is 0 Å². The SMILES string of the molecule is COCCCOc1ccc(F)cc1N1COCC(C(=O)OC)=C1C(=O)OC. The zero-order valence-electron chi connectivity index (χ0n) is 15.5. The van der Waals surface area contributed by atoms with Crippen molar-refractivity contribution in [3.05, 3.63) is 35.3 Å². The largest absolute Gasteiger partial charge is 0.491 e. The van der Waals surface area contributed by atoms with Gasteiger partial charge in [-0.25, -0.2) is 14.0 Å². The molecule has 0 aromatic heterocycles. The molecule has 0 radical (unpaired) electrons. The average molecular weight is 383 g/mol. The van der Waals surface area contributed by atoms with Gasteiger partial charge < -0.3 is 28.6 Å². The van der Waals surface area contributed by atoms with Crippen LogP contribution in [-0.2, 0) is 28.5 Å². The van der Waals surface area contributed by atoms with Crippen LogP contribution in [-0.4, -0.2) is 59.8 Å². The van der Waals surface area contributed by atoms with Gasteiger partial charge in [-0.1, -0.05) is 0 Å². The number of hydrogen-bond donors (Lipinski definition) is 0. The molecule has 0 N–H and O–H groups in total. The number of ether oxygens (including phenoxy) is 5. The van der Waals surface area contributed by atoms with Gasteiger partial charge in [0.15, 0.2) is 0 Å². The molecule has 0 spiro atoms. The van der Waals surface area contributed by atoms with E-state index in [4.69, 9.17) is 23.7 Å². The lowest BCUT2D eigenvalue weighted by atomic mass is 10.1.